The summed E-state index contributed by atoms with van der Waals surface area (Å²) in [6.07, 6.45) is 13.4. The van der Waals surface area contributed by atoms with Gasteiger partial charge in [0.1, 0.15) is 11.5 Å². The maximum Gasteiger partial charge on any atom is 0.347 e. The molecular weight excluding hydrogens is 552 g/mol. The Labute approximate surface area is 264 Å². The van der Waals surface area contributed by atoms with E-state index in [4.69, 9.17) is 18.9 Å². The Morgan fingerprint density at radius 1 is 0.773 bits per heavy atom. The fourth-order valence-electron chi connectivity index (χ4n) is 5.74. The highest BCUT2D eigenvalue weighted by Gasteiger charge is 2.38. The first-order chi connectivity index (χ1) is 21.4. The molecule has 0 amide bonds. The summed E-state index contributed by atoms with van der Waals surface area (Å²) >= 11 is 0. The van der Waals surface area contributed by atoms with Crippen LogP contribution in [0.5, 0.6) is 11.5 Å². The van der Waals surface area contributed by atoms with Crippen LogP contribution in [0.1, 0.15) is 109 Å². The third-order valence-electron chi connectivity index (χ3n) is 8.09. The van der Waals surface area contributed by atoms with E-state index in [1.807, 2.05) is 56.3 Å². The Morgan fingerprint density at radius 3 is 2.02 bits per heavy atom. The van der Waals surface area contributed by atoms with E-state index in [-0.39, 0.29) is 17.9 Å². The fraction of sp³-hybridized carbons (Fsp3) is 0.526. The first kappa shape index (κ1) is 34.9. The molecule has 0 saturated carbocycles. The average Bonchev–Trinajstić information content (AvgIpc) is 3.04. The van der Waals surface area contributed by atoms with Crippen molar-refractivity contribution in [3.05, 3.63) is 72.3 Å². The van der Waals surface area contributed by atoms with E-state index >= 15 is 0 Å². The average molecular weight is 605 g/mol. The van der Waals surface area contributed by atoms with Gasteiger partial charge in [-0.15, -0.1) is 0 Å². The van der Waals surface area contributed by atoms with E-state index in [0.29, 0.717) is 19.6 Å². The van der Waals surface area contributed by atoms with Crippen LogP contribution in [0.2, 0.25) is 0 Å². The minimum absolute atomic E-state index is 0.00538. The van der Waals surface area contributed by atoms with Crippen LogP contribution in [-0.2, 0) is 19.1 Å². The summed E-state index contributed by atoms with van der Waals surface area (Å²) in [5.41, 5.74) is 4.33. The van der Waals surface area contributed by atoms with E-state index in [2.05, 4.69) is 32.6 Å². The lowest BCUT2D eigenvalue weighted by molar-refractivity contribution is -0.153. The van der Waals surface area contributed by atoms with Crippen molar-refractivity contribution in [2.45, 2.75) is 111 Å². The van der Waals surface area contributed by atoms with Gasteiger partial charge in [-0.05, 0) is 56.4 Å². The molecule has 44 heavy (non-hydrogen) atoms. The van der Waals surface area contributed by atoms with Crippen LogP contribution in [0.15, 0.2) is 61.2 Å². The molecule has 6 nitrogen and oxygen atoms in total. The van der Waals surface area contributed by atoms with Gasteiger partial charge in [0.25, 0.3) is 0 Å². The summed E-state index contributed by atoms with van der Waals surface area (Å²) in [4.78, 5) is 24.3. The minimum Gasteiger partial charge on any atom is -0.478 e. The monoisotopic (exact) mass is 604 g/mol. The summed E-state index contributed by atoms with van der Waals surface area (Å²) in [7, 11) is 0. The van der Waals surface area contributed by atoms with Gasteiger partial charge in [0.2, 0.25) is 6.10 Å². The fourth-order valence-corrected chi connectivity index (χ4v) is 5.74. The van der Waals surface area contributed by atoms with Crippen molar-refractivity contribution in [1.82, 2.24) is 0 Å². The predicted octanol–water partition coefficient (Wildman–Crippen LogP) is 9.37. The second kappa shape index (κ2) is 19.0. The minimum atomic E-state index is -0.566. The standard InChI is InChI=1S/2C19H26O3/c1-4-6-7-8-12-16-14(3)15-11-9-10-13-17(15)22-18(16)19(20)21-5-2;1-3-5-6-7-8-11-15-14-18(19(20)21-4-2)22-17-13-10-9-12-16(15)17/h9-11,13,16,18H,3-8,12H2,1-2H3;9-13,18H,3-8,14H2,1-2H3/b;15-11+/t16-,18+;/m1./s1. The van der Waals surface area contributed by atoms with Crippen molar-refractivity contribution in [1.29, 1.82) is 0 Å². The molecule has 1 unspecified atom stereocenters. The Bertz CT molecular complexity index is 1230. The van der Waals surface area contributed by atoms with Crippen molar-refractivity contribution in [3.8, 4) is 11.5 Å². The van der Waals surface area contributed by atoms with Gasteiger partial charge in [0.05, 0.1) is 13.2 Å². The Kier molecular flexibility index (Phi) is 15.1. The van der Waals surface area contributed by atoms with Crippen molar-refractivity contribution in [2.24, 2.45) is 5.92 Å². The van der Waals surface area contributed by atoms with Crippen LogP contribution in [0.4, 0.5) is 0 Å². The molecule has 240 valence electrons. The molecule has 0 N–H and O–H groups in total. The van der Waals surface area contributed by atoms with E-state index in [0.717, 1.165) is 47.5 Å². The lowest BCUT2D eigenvalue weighted by atomic mass is 9.82. The maximum atomic E-state index is 12.3. The number of ether oxygens (including phenoxy) is 4. The van der Waals surface area contributed by atoms with Crippen LogP contribution in [0.25, 0.3) is 11.1 Å². The highest BCUT2D eigenvalue weighted by atomic mass is 16.6. The van der Waals surface area contributed by atoms with Gasteiger partial charge >= 0.3 is 11.9 Å². The number of benzene rings is 2. The number of unbranched alkanes of at least 4 members (excludes halogenated alkanes) is 7. The van der Waals surface area contributed by atoms with E-state index < -0.39 is 12.2 Å². The molecule has 0 spiro atoms. The molecule has 2 aromatic rings. The number of esters is 2. The van der Waals surface area contributed by atoms with Crippen LogP contribution >= 0.6 is 0 Å². The Hall–Kier alpha value is -3.54. The lowest BCUT2D eigenvalue weighted by Crippen LogP contribution is -2.40. The lowest BCUT2D eigenvalue weighted by Gasteiger charge is -2.34. The first-order valence-corrected chi connectivity index (χ1v) is 16.7. The summed E-state index contributed by atoms with van der Waals surface area (Å²) < 4.78 is 22.1. The van der Waals surface area contributed by atoms with Crippen molar-refractivity contribution < 1.29 is 28.5 Å². The van der Waals surface area contributed by atoms with Gasteiger partial charge in [-0.3, -0.25) is 0 Å². The van der Waals surface area contributed by atoms with Gasteiger partial charge in [0.15, 0.2) is 6.10 Å². The van der Waals surface area contributed by atoms with Crippen LogP contribution in [-0.4, -0.2) is 37.4 Å². The predicted molar refractivity (Wildman–Crippen MR) is 178 cm³/mol. The van der Waals surface area contributed by atoms with Crippen molar-refractivity contribution >= 4 is 23.1 Å². The van der Waals surface area contributed by atoms with Crippen LogP contribution in [0, 0.1) is 5.92 Å². The zero-order valence-electron chi connectivity index (χ0n) is 27.3. The first-order valence-electron chi connectivity index (χ1n) is 16.7. The van der Waals surface area contributed by atoms with Gasteiger partial charge in [0, 0.05) is 23.5 Å². The molecule has 2 heterocycles. The summed E-state index contributed by atoms with van der Waals surface area (Å²) in [5, 5.41) is 0. The number of carbonyl (C=O) groups excluding carboxylic acids is 2. The molecule has 2 aromatic carbocycles. The number of hydrogen-bond acceptors (Lipinski definition) is 6. The van der Waals surface area contributed by atoms with Gasteiger partial charge in [-0.1, -0.05) is 108 Å². The normalized spacial score (nSPS) is 19.4. The number of rotatable bonds is 14. The second-order valence-corrected chi connectivity index (χ2v) is 11.4. The van der Waals surface area contributed by atoms with Crippen molar-refractivity contribution in [2.75, 3.05) is 13.2 Å². The smallest absolute Gasteiger partial charge is 0.347 e. The SMILES string of the molecule is C=C1c2ccccc2O[C@H](C(=O)OCC)[C@@H]1CCCCCC.CCCCCC/C=C1\CC(C(=O)OCC)Oc2ccccc21. The molecule has 0 aliphatic carbocycles. The topological polar surface area (TPSA) is 71.1 Å². The van der Waals surface area contributed by atoms with Crippen molar-refractivity contribution in [3.63, 3.8) is 0 Å². The molecular formula is C38H52O6. The molecule has 0 fully saturated rings. The number of fused-ring (bicyclic) bond motifs is 2. The number of carbonyl (C=O) groups is 2. The van der Waals surface area contributed by atoms with Gasteiger partial charge in [-0.2, -0.15) is 0 Å². The summed E-state index contributed by atoms with van der Waals surface area (Å²) in [6.45, 7) is 13.0. The Balaban J connectivity index is 0.000000240. The zero-order chi connectivity index (χ0) is 31.7. The Morgan fingerprint density at radius 2 is 1.36 bits per heavy atom. The van der Waals surface area contributed by atoms with E-state index in [1.54, 1.807) is 0 Å². The molecule has 0 radical (unpaired) electrons. The van der Waals surface area contributed by atoms with E-state index in [1.165, 1.54) is 50.5 Å². The molecule has 0 aromatic heterocycles. The number of allylic oxidation sites excluding steroid dienone is 1. The highest BCUT2D eigenvalue weighted by molar-refractivity contribution is 5.84. The number of para-hydroxylation sites is 2. The van der Waals surface area contributed by atoms with Crippen LogP contribution in [0.3, 0.4) is 0 Å². The summed E-state index contributed by atoms with van der Waals surface area (Å²) in [5.74, 6) is 0.973. The molecule has 2 aliphatic heterocycles. The zero-order valence-corrected chi connectivity index (χ0v) is 27.3. The summed E-state index contributed by atoms with van der Waals surface area (Å²) in [6, 6.07) is 15.7. The van der Waals surface area contributed by atoms with Crippen LogP contribution < -0.4 is 9.47 Å². The second-order valence-electron chi connectivity index (χ2n) is 11.4. The third kappa shape index (κ3) is 10.0. The quantitative estimate of drug-likeness (QED) is 0.158. The molecule has 3 atom stereocenters. The molecule has 2 aliphatic rings. The highest BCUT2D eigenvalue weighted by Crippen LogP contribution is 2.41. The molecule has 6 heteroatoms. The maximum absolute atomic E-state index is 12.3. The molecule has 0 saturated heterocycles. The molecule has 4 rings (SSSR count). The molecule has 0 bridgehead atoms. The third-order valence-corrected chi connectivity index (χ3v) is 8.09. The van der Waals surface area contributed by atoms with Gasteiger partial charge < -0.3 is 18.9 Å². The van der Waals surface area contributed by atoms with E-state index in [9.17, 15) is 9.59 Å². The largest absolute Gasteiger partial charge is 0.478 e. The number of hydrogen-bond donors (Lipinski definition) is 0. The van der Waals surface area contributed by atoms with Gasteiger partial charge in [-0.25, -0.2) is 9.59 Å².